The first-order valence-electron chi connectivity index (χ1n) is 7.94. The quantitative estimate of drug-likeness (QED) is 0.763. The van der Waals surface area contributed by atoms with Gasteiger partial charge in [0.05, 0.1) is 6.07 Å². The average molecular weight is 248 g/mol. The Hall–Kier alpha value is -0.550. The number of rotatable bonds is 4. The van der Waals surface area contributed by atoms with Gasteiger partial charge < -0.3 is 0 Å². The third-order valence-corrected chi connectivity index (χ3v) is 4.99. The highest BCUT2D eigenvalue weighted by atomic mass is 15.0. The van der Waals surface area contributed by atoms with Gasteiger partial charge in [-0.25, -0.2) is 0 Å². The molecule has 0 heterocycles. The van der Waals surface area contributed by atoms with Gasteiger partial charge in [-0.2, -0.15) is 5.26 Å². The van der Waals surface area contributed by atoms with Crippen LogP contribution < -0.4 is 5.32 Å². The van der Waals surface area contributed by atoms with Gasteiger partial charge in [-0.1, -0.05) is 45.4 Å². The molecule has 1 N–H and O–H groups in total. The van der Waals surface area contributed by atoms with Gasteiger partial charge in [-0.3, -0.25) is 5.32 Å². The van der Waals surface area contributed by atoms with Crippen molar-refractivity contribution < 1.29 is 0 Å². The van der Waals surface area contributed by atoms with Gasteiger partial charge in [0.25, 0.3) is 0 Å². The van der Waals surface area contributed by atoms with Crippen molar-refractivity contribution in [1.82, 2.24) is 5.32 Å². The lowest BCUT2D eigenvalue weighted by Crippen LogP contribution is -2.41. The average Bonchev–Trinajstić information content (AvgIpc) is 2.60. The molecular formula is C16H28N2. The molecule has 0 aromatic rings. The molecule has 2 nitrogen and oxygen atoms in total. The number of hydrogen-bond donors (Lipinski definition) is 1. The van der Waals surface area contributed by atoms with Gasteiger partial charge in [0, 0.05) is 0 Å². The fraction of sp³-hybridized carbons (Fsp3) is 0.938. The van der Waals surface area contributed by atoms with Crippen molar-refractivity contribution in [3.8, 4) is 6.07 Å². The second kappa shape index (κ2) is 6.57. The van der Waals surface area contributed by atoms with Gasteiger partial charge in [0.1, 0.15) is 5.54 Å². The summed E-state index contributed by atoms with van der Waals surface area (Å²) in [6.45, 7) is 3.03. The van der Waals surface area contributed by atoms with Crippen LogP contribution in [-0.2, 0) is 0 Å². The highest BCUT2D eigenvalue weighted by Gasteiger charge is 2.39. The van der Waals surface area contributed by atoms with Crippen LogP contribution in [0.5, 0.6) is 0 Å². The zero-order chi connectivity index (χ0) is 12.8. The molecule has 18 heavy (non-hydrogen) atoms. The van der Waals surface area contributed by atoms with E-state index in [1.807, 2.05) is 0 Å². The molecule has 0 radical (unpaired) electrons. The van der Waals surface area contributed by atoms with Crippen LogP contribution in [-0.4, -0.2) is 12.1 Å². The Morgan fingerprint density at radius 1 is 1.11 bits per heavy atom. The van der Waals surface area contributed by atoms with Crippen LogP contribution in [0.1, 0.15) is 71.1 Å². The normalized spacial score (nSPS) is 34.1. The molecule has 2 unspecified atom stereocenters. The summed E-state index contributed by atoms with van der Waals surface area (Å²) in [5.74, 6) is 1.75. The molecule has 2 fully saturated rings. The van der Waals surface area contributed by atoms with Crippen molar-refractivity contribution >= 4 is 0 Å². The topological polar surface area (TPSA) is 35.8 Å². The van der Waals surface area contributed by atoms with E-state index >= 15 is 0 Å². The molecular weight excluding hydrogens is 220 g/mol. The van der Waals surface area contributed by atoms with Crippen LogP contribution in [0, 0.1) is 23.2 Å². The SMILES string of the molecule is CCNC1(C#N)CCC(CC2CCCCCC2)C1. The van der Waals surface area contributed by atoms with Crippen molar-refractivity contribution in [2.45, 2.75) is 76.7 Å². The summed E-state index contributed by atoms with van der Waals surface area (Å²) in [7, 11) is 0. The fourth-order valence-electron chi connectivity index (χ4n) is 4.06. The Kier molecular flexibility index (Phi) is 5.06. The highest BCUT2D eigenvalue weighted by molar-refractivity contribution is 5.11. The van der Waals surface area contributed by atoms with E-state index < -0.39 is 0 Å². The van der Waals surface area contributed by atoms with E-state index in [4.69, 9.17) is 0 Å². The predicted octanol–water partition coefficient (Wildman–Crippen LogP) is 4.02. The number of nitrogens with zero attached hydrogens (tertiary/aromatic N) is 1. The third kappa shape index (κ3) is 3.48. The summed E-state index contributed by atoms with van der Waals surface area (Å²) in [6, 6.07) is 2.55. The molecule has 0 spiro atoms. The van der Waals surface area contributed by atoms with Gasteiger partial charge in [-0.15, -0.1) is 0 Å². The Balaban J connectivity index is 1.83. The fourth-order valence-corrected chi connectivity index (χ4v) is 4.06. The summed E-state index contributed by atoms with van der Waals surface area (Å²) in [4.78, 5) is 0. The molecule has 0 aromatic heterocycles. The summed E-state index contributed by atoms with van der Waals surface area (Å²) in [6.07, 6.45) is 13.5. The van der Waals surface area contributed by atoms with Gasteiger partial charge in [0.15, 0.2) is 0 Å². The number of hydrogen-bond acceptors (Lipinski definition) is 2. The van der Waals surface area contributed by atoms with Crippen LogP contribution in [0.4, 0.5) is 0 Å². The van der Waals surface area contributed by atoms with E-state index in [0.717, 1.165) is 31.2 Å². The summed E-state index contributed by atoms with van der Waals surface area (Å²) < 4.78 is 0. The van der Waals surface area contributed by atoms with Crippen LogP contribution in [0.2, 0.25) is 0 Å². The van der Waals surface area contributed by atoms with E-state index in [-0.39, 0.29) is 5.54 Å². The second-order valence-electron chi connectivity index (χ2n) is 6.43. The van der Waals surface area contributed by atoms with Crippen molar-refractivity contribution in [2.24, 2.45) is 11.8 Å². The van der Waals surface area contributed by atoms with E-state index in [9.17, 15) is 5.26 Å². The highest BCUT2D eigenvalue weighted by Crippen LogP contribution is 2.40. The first-order valence-corrected chi connectivity index (χ1v) is 7.94. The van der Waals surface area contributed by atoms with E-state index in [1.165, 1.54) is 51.4 Å². The van der Waals surface area contributed by atoms with E-state index in [0.29, 0.717) is 0 Å². The monoisotopic (exact) mass is 248 g/mol. The Morgan fingerprint density at radius 3 is 2.44 bits per heavy atom. The Labute approximate surface area is 112 Å². The lowest BCUT2D eigenvalue weighted by molar-refractivity contribution is 0.327. The molecule has 2 saturated carbocycles. The Bertz CT molecular complexity index is 286. The standard InChI is InChI=1S/C16H28N2/c1-2-18-16(13-17)10-9-15(12-16)11-14-7-5-3-4-6-8-14/h14-15,18H,2-12H2,1H3. The smallest absolute Gasteiger partial charge is 0.107 e. The van der Waals surface area contributed by atoms with Crippen molar-refractivity contribution in [1.29, 1.82) is 5.26 Å². The minimum atomic E-state index is -0.190. The molecule has 2 aliphatic rings. The minimum absolute atomic E-state index is 0.190. The molecule has 0 aliphatic heterocycles. The van der Waals surface area contributed by atoms with Crippen LogP contribution in [0.15, 0.2) is 0 Å². The summed E-state index contributed by atoms with van der Waals surface area (Å²) >= 11 is 0. The second-order valence-corrected chi connectivity index (χ2v) is 6.43. The van der Waals surface area contributed by atoms with E-state index in [2.05, 4.69) is 18.3 Å². The maximum absolute atomic E-state index is 9.40. The molecule has 102 valence electrons. The molecule has 0 saturated heterocycles. The van der Waals surface area contributed by atoms with E-state index in [1.54, 1.807) is 0 Å². The Morgan fingerprint density at radius 2 is 1.83 bits per heavy atom. The first kappa shape index (κ1) is 13.9. The van der Waals surface area contributed by atoms with Gasteiger partial charge in [-0.05, 0) is 44.1 Å². The van der Waals surface area contributed by atoms with Gasteiger partial charge in [0.2, 0.25) is 0 Å². The molecule has 2 aliphatic carbocycles. The molecule has 0 bridgehead atoms. The number of nitriles is 1. The van der Waals surface area contributed by atoms with Crippen molar-refractivity contribution in [2.75, 3.05) is 6.54 Å². The predicted molar refractivity (Wildman–Crippen MR) is 75.2 cm³/mol. The third-order valence-electron chi connectivity index (χ3n) is 4.99. The van der Waals surface area contributed by atoms with Gasteiger partial charge >= 0.3 is 0 Å². The molecule has 2 atom stereocenters. The van der Waals surface area contributed by atoms with Crippen LogP contribution >= 0.6 is 0 Å². The minimum Gasteiger partial charge on any atom is -0.300 e. The first-order chi connectivity index (χ1) is 8.78. The summed E-state index contributed by atoms with van der Waals surface area (Å²) in [5, 5.41) is 12.8. The van der Waals surface area contributed by atoms with Crippen molar-refractivity contribution in [3.05, 3.63) is 0 Å². The maximum Gasteiger partial charge on any atom is 0.107 e. The summed E-state index contributed by atoms with van der Waals surface area (Å²) in [5.41, 5.74) is -0.190. The lowest BCUT2D eigenvalue weighted by atomic mass is 9.87. The maximum atomic E-state index is 9.40. The van der Waals surface area contributed by atoms with Crippen LogP contribution in [0.25, 0.3) is 0 Å². The van der Waals surface area contributed by atoms with Crippen molar-refractivity contribution in [3.63, 3.8) is 0 Å². The van der Waals surface area contributed by atoms with Crippen LogP contribution in [0.3, 0.4) is 0 Å². The zero-order valence-corrected chi connectivity index (χ0v) is 11.9. The zero-order valence-electron chi connectivity index (χ0n) is 11.9. The number of nitrogens with one attached hydrogen (secondary N) is 1. The molecule has 0 aromatic carbocycles. The molecule has 2 rings (SSSR count). The molecule has 0 amide bonds. The molecule has 2 heteroatoms. The largest absolute Gasteiger partial charge is 0.300 e. The lowest BCUT2D eigenvalue weighted by Gasteiger charge is -2.23.